The molecular weight excluding hydrogens is 362 g/mol. The van der Waals surface area contributed by atoms with Gasteiger partial charge < -0.3 is 4.90 Å². The minimum atomic E-state index is -0.0784. The van der Waals surface area contributed by atoms with Gasteiger partial charge in [0.05, 0.1) is 6.20 Å². The van der Waals surface area contributed by atoms with Gasteiger partial charge in [-0.1, -0.05) is 12.1 Å². The topological polar surface area (TPSA) is 63.9 Å². The molecule has 0 amide bonds. The number of hydrogen-bond donors (Lipinski definition) is 0. The smallest absolute Gasteiger partial charge is 0.277 e. The van der Waals surface area contributed by atoms with E-state index >= 15 is 0 Å². The molecule has 6 nitrogen and oxygen atoms in total. The van der Waals surface area contributed by atoms with Crippen LogP contribution >= 0.6 is 0 Å². The number of fused-ring (bicyclic) bond motifs is 2. The van der Waals surface area contributed by atoms with E-state index in [1.807, 2.05) is 6.20 Å². The quantitative estimate of drug-likeness (QED) is 0.694. The van der Waals surface area contributed by atoms with E-state index in [2.05, 4.69) is 38.2 Å². The van der Waals surface area contributed by atoms with Crippen LogP contribution in [-0.2, 0) is 19.3 Å². The fourth-order valence-corrected chi connectivity index (χ4v) is 5.10. The van der Waals surface area contributed by atoms with Crippen molar-refractivity contribution in [2.24, 2.45) is 0 Å². The molecule has 1 atom stereocenters. The summed E-state index contributed by atoms with van der Waals surface area (Å²) in [5.41, 5.74) is 6.33. The van der Waals surface area contributed by atoms with Gasteiger partial charge in [0, 0.05) is 36.2 Å². The Balaban J connectivity index is 1.33. The van der Waals surface area contributed by atoms with E-state index in [4.69, 9.17) is 0 Å². The maximum atomic E-state index is 13.0. The highest BCUT2D eigenvalue weighted by atomic mass is 16.1. The molecule has 1 unspecified atom stereocenters. The van der Waals surface area contributed by atoms with Crippen molar-refractivity contribution in [3.8, 4) is 5.95 Å². The van der Waals surface area contributed by atoms with Crippen LogP contribution in [0.15, 0.2) is 47.7 Å². The van der Waals surface area contributed by atoms with Crippen molar-refractivity contribution in [2.45, 2.75) is 50.5 Å². The summed E-state index contributed by atoms with van der Waals surface area (Å²) < 4.78 is 1.33. The molecule has 1 saturated carbocycles. The summed E-state index contributed by atoms with van der Waals surface area (Å²) in [5.74, 6) is 0.796. The summed E-state index contributed by atoms with van der Waals surface area (Å²) in [6, 6.07) is 9.31. The molecule has 146 valence electrons. The van der Waals surface area contributed by atoms with Gasteiger partial charge in [0.25, 0.3) is 11.5 Å². The first-order valence-electron chi connectivity index (χ1n) is 10.6. The van der Waals surface area contributed by atoms with Crippen LogP contribution in [0.3, 0.4) is 0 Å². The van der Waals surface area contributed by atoms with Crippen molar-refractivity contribution in [1.82, 2.24) is 19.7 Å². The highest BCUT2D eigenvalue weighted by Crippen LogP contribution is 2.42. The van der Waals surface area contributed by atoms with Gasteiger partial charge in [0.15, 0.2) is 0 Å². The van der Waals surface area contributed by atoms with Crippen LogP contribution in [0.4, 0.5) is 5.69 Å². The molecule has 0 N–H and O–H groups in total. The van der Waals surface area contributed by atoms with Crippen molar-refractivity contribution >= 4 is 5.69 Å². The van der Waals surface area contributed by atoms with Crippen molar-refractivity contribution in [1.29, 1.82) is 0 Å². The Morgan fingerprint density at radius 3 is 2.66 bits per heavy atom. The van der Waals surface area contributed by atoms with Crippen LogP contribution in [0.25, 0.3) is 5.95 Å². The first-order chi connectivity index (χ1) is 14.3. The summed E-state index contributed by atoms with van der Waals surface area (Å²) in [6.07, 6.45) is 11.6. The zero-order valence-electron chi connectivity index (χ0n) is 16.3. The lowest BCUT2D eigenvalue weighted by atomic mass is 9.79. The minimum Gasteiger partial charge on any atom is -0.368 e. The zero-order valence-corrected chi connectivity index (χ0v) is 16.3. The molecule has 6 rings (SSSR count). The summed E-state index contributed by atoms with van der Waals surface area (Å²) in [7, 11) is 0. The van der Waals surface area contributed by atoms with Gasteiger partial charge in [-0.3, -0.25) is 4.79 Å². The number of hydrogen-bond acceptors (Lipinski definition) is 5. The van der Waals surface area contributed by atoms with Crippen molar-refractivity contribution in [3.05, 3.63) is 75.5 Å². The molecule has 0 radical (unpaired) electrons. The first-order valence-corrected chi connectivity index (χ1v) is 10.6. The third kappa shape index (κ3) is 2.77. The normalized spacial score (nSPS) is 20.4. The number of rotatable bonds is 3. The summed E-state index contributed by atoms with van der Waals surface area (Å²) in [5, 5.41) is 4.38. The lowest BCUT2D eigenvalue weighted by Crippen LogP contribution is -2.30. The van der Waals surface area contributed by atoms with E-state index in [1.165, 1.54) is 34.3 Å². The van der Waals surface area contributed by atoms with Crippen LogP contribution in [0.5, 0.6) is 0 Å². The van der Waals surface area contributed by atoms with E-state index in [1.54, 1.807) is 18.5 Å². The molecule has 3 heterocycles. The fraction of sp³-hybridized carbons (Fsp3) is 0.391. The van der Waals surface area contributed by atoms with Gasteiger partial charge in [0.2, 0.25) is 0 Å². The Labute approximate surface area is 169 Å². The van der Waals surface area contributed by atoms with Crippen molar-refractivity contribution in [3.63, 3.8) is 0 Å². The molecule has 1 aromatic carbocycles. The second-order valence-electron chi connectivity index (χ2n) is 8.37. The van der Waals surface area contributed by atoms with E-state index in [-0.39, 0.29) is 5.56 Å². The standard InChI is InChI=1S/C23H23N5O/c29-22-19-8-5-15(13-16(19)14-26-28(22)23-24-10-2-11-25-23)18-3-1-4-21-20(18)9-12-27(21)17-6-7-17/h1-4,10-11,14-15,17H,5-9,12-13H2. The van der Waals surface area contributed by atoms with Crippen LogP contribution < -0.4 is 10.5 Å². The summed E-state index contributed by atoms with van der Waals surface area (Å²) in [4.78, 5) is 23.9. The van der Waals surface area contributed by atoms with Gasteiger partial charge in [0.1, 0.15) is 0 Å². The average molecular weight is 385 g/mol. The molecule has 0 saturated heterocycles. The third-order valence-corrected chi connectivity index (χ3v) is 6.65. The second-order valence-corrected chi connectivity index (χ2v) is 8.37. The molecule has 2 aliphatic carbocycles. The maximum absolute atomic E-state index is 13.0. The Kier molecular flexibility index (Phi) is 3.79. The van der Waals surface area contributed by atoms with E-state index in [9.17, 15) is 4.79 Å². The van der Waals surface area contributed by atoms with E-state index in [0.717, 1.165) is 49.4 Å². The fourth-order valence-electron chi connectivity index (χ4n) is 5.10. The first kappa shape index (κ1) is 16.9. The predicted octanol–water partition coefficient (Wildman–Crippen LogP) is 2.82. The molecular formula is C23H23N5O. The molecule has 1 aliphatic heterocycles. The minimum absolute atomic E-state index is 0.0784. The highest BCUT2D eigenvalue weighted by molar-refractivity contribution is 5.63. The number of anilines is 1. The van der Waals surface area contributed by atoms with Crippen molar-refractivity contribution in [2.75, 3.05) is 11.4 Å². The molecule has 0 bridgehead atoms. The lowest BCUT2D eigenvalue weighted by molar-refractivity contribution is 0.563. The monoisotopic (exact) mass is 385 g/mol. The highest BCUT2D eigenvalue weighted by Gasteiger charge is 2.35. The van der Waals surface area contributed by atoms with Crippen molar-refractivity contribution < 1.29 is 0 Å². The van der Waals surface area contributed by atoms with Crippen LogP contribution in [0.1, 0.15) is 47.4 Å². The number of aromatic nitrogens is 4. The Morgan fingerprint density at radius 1 is 0.966 bits per heavy atom. The summed E-state index contributed by atoms with van der Waals surface area (Å²) >= 11 is 0. The molecule has 0 spiro atoms. The third-order valence-electron chi connectivity index (χ3n) is 6.65. The van der Waals surface area contributed by atoms with Gasteiger partial charge >= 0.3 is 0 Å². The van der Waals surface area contributed by atoms with Crippen LogP contribution in [0, 0.1) is 0 Å². The molecule has 3 aliphatic rings. The largest absolute Gasteiger partial charge is 0.368 e. The Morgan fingerprint density at radius 2 is 1.83 bits per heavy atom. The molecule has 2 aromatic heterocycles. The van der Waals surface area contributed by atoms with Gasteiger partial charge in [-0.15, -0.1) is 0 Å². The maximum Gasteiger partial charge on any atom is 0.277 e. The SMILES string of the molecule is O=c1c2c(cnn1-c1ncccn1)CC(c1cccc3c1CCN3C1CC1)CC2. The molecule has 6 heteroatoms. The molecule has 29 heavy (non-hydrogen) atoms. The predicted molar refractivity (Wildman–Crippen MR) is 111 cm³/mol. The summed E-state index contributed by atoms with van der Waals surface area (Å²) in [6.45, 7) is 1.16. The molecule has 3 aromatic rings. The van der Waals surface area contributed by atoms with Gasteiger partial charge in [-0.25, -0.2) is 9.97 Å². The van der Waals surface area contributed by atoms with E-state index in [0.29, 0.717) is 11.9 Å². The van der Waals surface area contributed by atoms with Gasteiger partial charge in [-0.2, -0.15) is 9.78 Å². The zero-order chi connectivity index (χ0) is 19.4. The Bertz CT molecular complexity index is 1140. The van der Waals surface area contributed by atoms with Crippen LogP contribution in [-0.4, -0.2) is 32.3 Å². The van der Waals surface area contributed by atoms with E-state index < -0.39 is 0 Å². The Hall–Kier alpha value is -3.02. The van der Waals surface area contributed by atoms with Crippen LogP contribution in [0.2, 0.25) is 0 Å². The van der Waals surface area contributed by atoms with Gasteiger partial charge in [-0.05, 0) is 73.3 Å². The molecule has 1 fully saturated rings. The average Bonchev–Trinajstić information content (AvgIpc) is 3.52. The second kappa shape index (κ2) is 6.51. The number of nitrogens with zero attached hydrogens (tertiary/aromatic N) is 5. The lowest BCUT2D eigenvalue weighted by Gasteiger charge is -2.26. The number of benzene rings is 1.